The molecule has 2 unspecified atom stereocenters. The normalized spacial score (nSPS) is 22.4. The largest absolute Gasteiger partial charge is 0.497 e. The molecule has 2 saturated heterocycles. The van der Waals surface area contributed by atoms with E-state index < -0.39 is 0 Å². The Morgan fingerprint density at radius 2 is 1.90 bits per heavy atom. The number of morpholine rings is 1. The quantitative estimate of drug-likeness (QED) is 0.670. The molecule has 3 rings (SSSR count). The number of hydrogen-bond donors (Lipinski definition) is 1. The van der Waals surface area contributed by atoms with Gasteiger partial charge in [-0.05, 0) is 36.6 Å². The minimum atomic E-state index is -0.290. The molecule has 0 radical (unpaired) electrons. The first kappa shape index (κ1) is 24.0. The average molecular weight is 434 g/mol. The second kappa shape index (κ2) is 11.8. The summed E-state index contributed by atoms with van der Waals surface area (Å²) in [4.78, 5) is 19.5. The fourth-order valence-electron chi connectivity index (χ4n) is 4.25. The maximum atomic E-state index is 12.8. The zero-order chi connectivity index (χ0) is 22.2. The summed E-state index contributed by atoms with van der Waals surface area (Å²) in [5.74, 6) is 1.27. The third-order valence-electron chi connectivity index (χ3n) is 6.36. The molecule has 174 valence electrons. The van der Waals surface area contributed by atoms with Gasteiger partial charge in [0.25, 0.3) is 0 Å². The Morgan fingerprint density at radius 3 is 2.61 bits per heavy atom. The number of nitrogens with zero attached hydrogens (tertiary/aromatic N) is 3. The van der Waals surface area contributed by atoms with Crippen molar-refractivity contribution < 1.29 is 19.4 Å². The predicted molar refractivity (Wildman–Crippen MR) is 121 cm³/mol. The first-order chi connectivity index (χ1) is 14.9. The van der Waals surface area contributed by atoms with Gasteiger partial charge in [0, 0.05) is 45.8 Å². The Bertz CT molecular complexity index is 682. The lowest BCUT2D eigenvalue weighted by Gasteiger charge is -2.36. The molecule has 1 N–H and O–H groups in total. The minimum absolute atomic E-state index is 0.162. The second-order valence-corrected chi connectivity index (χ2v) is 9.12. The third kappa shape index (κ3) is 7.45. The molecule has 2 aliphatic rings. The molecule has 0 aromatic heterocycles. The average Bonchev–Trinajstić information content (AvgIpc) is 3.00. The highest BCUT2D eigenvalue weighted by atomic mass is 16.5. The van der Waals surface area contributed by atoms with Gasteiger partial charge >= 0.3 is 0 Å². The highest BCUT2D eigenvalue weighted by molar-refractivity contribution is 5.78. The molecule has 2 heterocycles. The van der Waals surface area contributed by atoms with Gasteiger partial charge in [-0.2, -0.15) is 0 Å². The number of carbonyl (C=O) groups excluding carboxylic acids is 1. The Hall–Kier alpha value is -1.67. The monoisotopic (exact) mass is 433 g/mol. The molecule has 1 aromatic carbocycles. The van der Waals surface area contributed by atoms with Crippen LogP contribution in [0.25, 0.3) is 0 Å². The molecule has 2 atom stereocenters. The number of carbonyl (C=O) groups is 1. The highest BCUT2D eigenvalue weighted by Gasteiger charge is 2.26. The molecular weight excluding hydrogens is 394 g/mol. The van der Waals surface area contributed by atoms with Gasteiger partial charge < -0.3 is 19.5 Å². The van der Waals surface area contributed by atoms with Gasteiger partial charge in [0.15, 0.2) is 0 Å². The summed E-state index contributed by atoms with van der Waals surface area (Å²) in [5.41, 5.74) is 1.02. The number of methoxy groups -OCH3 is 1. The number of amides is 1. The Kier molecular flexibility index (Phi) is 9.14. The van der Waals surface area contributed by atoms with Crippen LogP contribution < -0.4 is 4.74 Å². The minimum Gasteiger partial charge on any atom is -0.497 e. The number of hydrogen-bond acceptors (Lipinski definition) is 6. The number of rotatable bonds is 8. The van der Waals surface area contributed by atoms with Crippen molar-refractivity contribution in [3.05, 3.63) is 29.8 Å². The van der Waals surface area contributed by atoms with Gasteiger partial charge in [-0.3, -0.25) is 14.6 Å². The van der Waals surface area contributed by atoms with Gasteiger partial charge in [-0.15, -0.1) is 0 Å². The van der Waals surface area contributed by atoms with E-state index in [0.29, 0.717) is 13.0 Å². The van der Waals surface area contributed by atoms with Crippen molar-refractivity contribution >= 4 is 5.91 Å². The van der Waals surface area contributed by atoms with E-state index in [1.807, 2.05) is 29.2 Å². The standard InChI is InChI=1S/C24H39N3O4/c1-19(2)23(28)18-26-13-14-31-22(17-26)16-25-9-4-10-27(12-11-25)24(29)15-20-5-7-21(30-3)8-6-20/h5-8,19,22-23,28H,4,9-18H2,1-3H3. The van der Waals surface area contributed by atoms with E-state index >= 15 is 0 Å². The van der Waals surface area contributed by atoms with Crippen LogP contribution in [-0.4, -0.2) is 104 Å². The zero-order valence-corrected chi connectivity index (χ0v) is 19.3. The first-order valence-electron chi connectivity index (χ1n) is 11.6. The van der Waals surface area contributed by atoms with E-state index in [-0.39, 0.29) is 24.0 Å². The van der Waals surface area contributed by atoms with Gasteiger partial charge in [0.05, 0.1) is 32.3 Å². The van der Waals surface area contributed by atoms with Crippen molar-refractivity contribution in [3.63, 3.8) is 0 Å². The summed E-state index contributed by atoms with van der Waals surface area (Å²) in [6.45, 7) is 11.6. The number of β-amino-alcohol motifs (C(OH)–C–C–N with tert-alkyl or cyclic N) is 1. The maximum Gasteiger partial charge on any atom is 0.227 e. The molecule has 0 bridgehead atoms. The highest BCUT2D eigenvalue weighted by Crippen LogP contribution is 2.15. The number of aliphatic hydroxyl groups is 1. The molecule has 7 nitrogen and oxygen atoms in total. The second-order valence-electron chi connectivity index (χ2n) is 9.12. The van der Waals surface area contributed by atoms with E-state index in [9.17, 15) is 9.90 Å². The summed E-state index contributed by atoms with van der Waals surface area (Å²) >= 11 is 0. The Balaban J connectivity index is 1.44. The summed E-state index contributed by atoms with van der Waals surface area (Å²) in [6, 6.07) is 7.73. The molecule has 1 aromatic rings. The van der Waals surface area contributed by atoms with Crippen molar-refractivity contribution in [2.45, 2.75) is 38.9 Å². The SMILES string of the molecule is COc1ccc(CC(=O)N2CCCN(CC3CN(CC(O)C(C)C)CCO3)CC2)cc1. The van der Waals surface area contributed by atoms with Crippen LogP contribution in [0.4, 0.5) is 0 Å². The summed E-state index contributed by atoms with van der Waals surface area (Å²) in [5, 5.41) is 10.2. The lowest BCUT2D eigenvalue weighted by Crippen LogP contribution is -2.50. The molecule has 7 heteroatoms. The fourth-order valence-corrected chi connectivity index (χ4v) is 4.25. The van der Waals surface area contributed by atoms with E-state index in [2.05, 4.69) is 23.6 Å². The number of ether oxygens (including phenoxy) is 2. The topological polar surface area (TPSA) is 65.5 Å². The van der Waals surface area contributed by atoms with Crippen LogP contribution in [0.2, 0.25) is 0 Å². The van der Waals surface area contributed by atoms with Gasteiger partial charge in [-0.1, -0.05) is 26.0 Å². The third-order valence-corrected chi connectivity index (χ3v) is 6.36. The van der Waals surface area contributed by atoms with E-state index in [4.69, 9.17) is 9.47 Å². The molecule has 0 aliphatic carbocycles. The maximum absolute atomic E-state index is 12.8. The van der Waals surface area contributed by atoms with Gasteiger partial charge in [0.2, 0.25) is 5.91 Å². The lowest BCUT2D eigenvalue weighted by atomic mass is 10.1. The zero-order valence-electron chi connectivity index (χ0n) is 19.3. The predicted octanol–water partition coefficient (Wildman–Crippen LogP) is 1.49. The molecule has 31 heavy (non-hydrogen) atoms. The molecule has 1 amide bonds. The Labute approximate surface area is 186 Å². The first-order valence-corrected chi connectivity index (χ1v) is 11.6. The van der Waals surface area contributed by atoms with Crippen molar-refractivity contribution in [3.8, 4) is 5.75 Å². The van der Waals surface area contributed by atoms with Crippen molar-refractivity contribution in [1.29, 1.82) is 0 Å². The summed E-state index contributed by atoms with van der Waals surface area (Å²) in [7, 11) is 1.65. The number of aliphatic hydroxyl groups excluding tert-OH is 1. The van der Waals surface area contributed by atoms with Crippen molar-refractivity contribution in [2.75, 3.05) is 66.1 Å². The van der Waals surface area contributed by atoms with Crippen LogP contribution >= 0.6 is 0 Å². The molecule has 0 saturated carbocycles. The van der Waals surface area contributed by atoms with Crippen molar-refractivity contribution in [1.82, 2.24) is 14.7 Å². The summed E-state index contributed by atoms with van der Waals surface area (Å²) in [6.07, 6.45) is 1.29. The molecule has 2 fully saturated rings. The summed E-state index contributed by atoms with van der Waals surface area (Å²) < 4.78 is 11.2. The van der Waals surface area contributed by atoms with Gasteiger partial charge in [0.1, 0.15) is 5.75 Å². The van der Waals surface area contributed by atoms with Crippen LogP contribution in [0.1, 0.15) is 25.8 Å². The van der Waals surface area contributed by atoms with E-state index in [1.165, 1.54) is 0 Å². The molecule has 0 spiro atoms. The molecular formula is C24H39N3O4. The lowest BCUT2D eigenvalue weighted by molar-refractivity contribution is -0.130. The fraction of sp³-hybridized carbons (Fsp3) is 0.708. The smallest absolute Gasteiger partial charge is 0.227 e. The van der Waals surface area contributed by atoms with Crippen LogP contribution in [0, 0.1) is 5.92 Å². The van der Waals surface area contributed by atoms with Gasteiger partial charge in [-0.25, -0.2) is 0 Å². The van der Waals surface area contributed by atoms with E-state index in [0.717, 1.165) is 70.2 Å². The van der Waals surface area contributed by atoms with E-state index in [1.54, 1.807) is 7.11 Å². The van der Waals surface area contributed by atoms with Crippen molar-refractivity contribution in [2.24, 2.45) is 5.92 Å². The van der Waals surface area contributed by atoms with Crippen LogP contribution in [-0.2, 0) is 16.0 Å². The molecule has 2 aliphatic heterocycles. The van der Waals surface area contributed by atoms with Crippen LogP contribution in [0.5, 0.6) is 5.75 Å². The Morgan fingerprint density at radius 1 is 1.13 bits per heavy atom. The van der Waals surface area contributed by atoms with Crippen LogP contribution in [0.3, 0.4) is 0 Å². The number of benzene rings is 1. The van der Waals surface area contributed by atoms with Crippen LogP contribution in [0.15, 0.2) is 24.3 Å².